The SMILES string of the molecule is Cc1ncc(C(=O)O)n1CC(=O)NCCC(C)C. The van der Waals surface area contributed by atoms with Gasteiger partial charge in [-0.1, -0.05) is 13.8 Å². The highest BCUT2D eigenvalue weighted by molar-refractivity contribution is 5.86. The molecule has 1 aromatic rings. The summed E-state index contributed by atoms with van der Waals surface area (Å²) in [5, 5.41) is 11.7. The standard InChI is InChI=1S/C12H19N3O3/c1-8(2)4-5-13-11(16)7-15-9(3)14-6-10(15)12(17)18/h6,8H,4-5,7H2,1-3H3,(H,13,16)(H,17,18). The van der Waals surface area contributed by atoms with E-state index >= 15 is 0 Å². The van der Waals surface area contributed by atoms with E-state index in [0.717, 1.165) is 6.42 Å². The zero-order chi connectivity index (χ0) is 13.7. The summed E-state index contributed by atoms with van der Waals surface area (Å²) in [4.78, 5) is 26.5. The Labute approximate surface area is 106 Å². The zero-order valence-corrected chi connectivity index (χ0v) is 10.9. The van der Waals surface area contributed by atoms with Crippen LogP contribution in [0.5, 0.6) is 0 Å². The van der Waals surface area contributed by atoms with Crippen molar-refractivity contribution in [3.8, 4) is 0 Å². The van der Waals surface area contributed by atoms with Gasteiger partial charge >= 0.3 is 5.97 Å². The maximum Gasteiger partial charge on any atom is 0.354 e. The summed E-state index contributed by atoms with van der Waals surface area (Å²) in [6.45, 7) is 6.43. The van der Waals surface area contributed by atoms with Crippen LogP contribution < -0.4 is 5.32 Å². The van der Waals surface area contributed by atoms with Crippen LogP contribution in [0, 0.1) is 12.8 Å². The van der Waals surface area contributed by atoms with Crippen LogP contribution in [0.3, 0.4) is 0 Å². The van der Waals surface area contributed by atoms with Crippen LogP contribution in [0.2, 0.25) is 0 Å². The Kier molecular flexibility index (Phi) is 4.88. The molecule has 0 unspecified atom stereocenters. The lowest BCUT2D eigenvalue weighted by molar-refractivity contribution is -0.121. The number of rotatable bonds is 6. The molecule has 100 valence electrons. The van der Waals surface area contributed by atoms with Crippen LogP contribution in [0.15, 0.2) is 6.20 Å². The van der Waals surface area contributed by atoms with E-state index < -0.39 is 5.97 Å². The molecule has 0 radical (unpaired) electrons. The van der Waals surface area contributed by atoms with Crippen LogP contribution in [0.25, 0.3) is 0 Å². The Morgan fingerprint density at radius 1 is 1.50 bits per heavy atom. The highest BCUT2D eigenvalue weighted by Crippen LogP contribution is 2.04. The second-order valence-electron chi connectivity index (χ2n) is 4.61. The predicted molar refractivity (Wildman–Crippen MR) is 66.4 cm³/mol. The summed E-state index contributed by atoms with van der Waals surface area (Å²) in [7, 11) is 0. The van der Waals surface area contributed by atoms with Gasteiger partial charge in [-0.15, -0.1) is 0 Å². The van der Waals surface area contributed by atoms with Crippen LogP contribution >= 0.6 is 0 Å². The van der Waals surface area contributed by atoms with Gasteiger partial charge in [-0.2, -0.15) is 0 Å². The number of aryl methyl sites for hydroxylation is 1. The van der Waals surface area contributed by atoms with Crippen molar-refractivity contribution in [1.82, 2.24) is 14.9 Å². The molecule has 6 heteroatoms. The largest absolute Gasteiger partial charge is 0.477 e. The van der Waals surface area contributed by atoms with E-state index in [9.17, 15) is 9.59 Å². The number of carboxylic acids is 1. The maximum absolute atomic E-state index is 11.7. The molecule has 0 saturated heterocycles. The van der Waals surface area contributed by atoms with Crippen molar-refractivity contribution >= 4 is 11.9 Å². The average Bonchev–Trinajstić information content (AvgIpc) is 2.60. The van der Waals surface area contributed by atoms with Crippen LogP contribution in [0.4, 0.5) is 0 Å². The fourth-order valence-corrected chi connectivity index (χ4v) is 1.54. The number of imidazole rings is 1. The minimum Gasteiger partial charge on any atom is -0.477 e. The summed E-state index contributed by atoms with van der Waals surface area (Å²) in [5.74, 6) is -0.230. The number of amides is 1. The maximum atomic E-state index is 11.7. The second kappa shape index (κ2) is 6.18. The number of nitrogens with one attached hydrogen (secondary N) is 1. The second-order valence-corrected chi connectivity index (χ2v) is 4.61. The van der Waals surface area contributed by atoms with Crippen LogP contribution in [0.1, 0.15) is 36.6 Å². The molecule has 0 atom stereocenters. The Bertz CT molecular complexity index is 438. The number of carbonyl (C=O) groups excluding carboxylic acids is 1. The Morgan fingerprint density at radius 2 is 2.17 bits per heavy atom. The van der Waals surface area contributed by atoms with Gasteiger partial charge in [0.25, 0.3) is 0 Å². The summed E-state index contributed by atoms with van der Waals surface area (Å²) in [6, 6.07) is 0. The predicted octanol–water partition coefficient (Wildman–Crippen LogP) is 1.05. The number of aromatic carboxylic acids is 1. The number of aromatic nitrogens is 2. The molecule has 1 aromatic heterocycles. The van der Waals surface area contributed by atoms with Gasteiger partial charge in [-0.3, -0.25) is 4.79 Å². The third-order valence-electron chi connectivity index (χ3n) is 2.62. The van der Waals surface area contributed by atoms with Gasteiger partial charge in [0.2, 0.25) is 5.91 Å². The summed E-state index contributed by atoms with van der Waals surface area (Å²) in [6.07, 6.45) is 2.17. The number of nitrogens with zero attached hydrogens (tertiary/aromatic N) is 2. The molecule has 0 spiro atoms. The number of hydrogen-bond donors (Lipinski definition) is 2. The van der Waals surface area contributed by atoms with E-state index in [1.165, 1.54) is 10.8 Å². The Morgan fingerprint density at radius 3 is 2.72 bits per heavy atom. The third kappa shape index (κ3) is 3.87. The minimum atomic E-state index is -1.08. The van der Waals surface area contributed by atoms with Gasteiger partial charge in [-0.05, 0) is 19.3 Å². The van der Waals surface area contributed by atoms with Crippen LogP contribution in [-0.4, -0.2) is 33.1 Å². The van der Waals surface area contributed by atoms with Gasteiger partial charge in [0, 0.05) is 6.54 Å². The van der Waals surface area contributed by atoms with Crippen molar-refractivity contribution in [2.45, 2.75) is 33.7 Å². The minimum absolute atomic E-state index is 0.00837. The van der Waals surface area contributed by atoms with Gasteiger partial charge in [-0.25, -0.2) is 9.78 Å². The van der Waals surface area contributed by atoms with Gasteiger partial charge < -0.3 is 15.0 Å². The van der Waals surface area contributed by atoms with E-state index in [0.29, 0.717) is 18.3 Å². The first-order chi connectivity index (χ1) is 8.41. The lowest BCUT2D eigenvalue weighted by atomic mass is 10.1. The molecule has 1 amide bonds. The summed E-state index contributed by atoms with van der Waals surface area (Å²) < 4.78 is 1.40. The van der Waals surface area contributed by atoms with Crippen molar-refractivity contribution in [1.29, 1.82) is 0 Å². The van der Waals surface area contributed by atoms with Crippen molar-refractivity contribution in [2.75, 3.05) is 6.54 Å². The lowest BCUT2D eigenvalue weighted by Gasteiger charge is -2.09. The molecule has 6 nitrogen and oxygen atoms in total. The number of hydrogen-bond acceptors (Lipinski definition) is 3. The van der Waals surface area contributed by atoms with E-state index in [1.54, 1.807) is 6.92 Å². The third-order valence-corrected chi connectivity index (χ3v) is 2.62. The van der Waals surface area contributed by atoms with E-state index in [4.69, 9.17) is 5.11 Å². The molecule has 1 rings (SSSR count). The highest BCUT2D eigenvalue weighted by Gasteiger charge is 2.15. The number of carbonyl (C=O) groups is 2. The summed E-state index contributed by atoms with van der Waals surface area (Å²) in [5.41, 5.74) is 0.0338. The zero-order valence-electron chi connectivity index (χ0n) is 10.9. The highest BCUT2D eigenvalue weighted by atomic mass is 16.4. The Balaban J connectivity index is 2.59. The van der Waals surface area contributed by atoms with E-state index in [-0.39, 0.29) is 18.1 Å². The smallest absolute Gasteiger partial charge is 0.354 e. The van der Waals surface area contributed by atoms with Crippen molar-refractivity contribution in [2.24, 2.45) is 5.92 Å². The lowest BCUT2D eigenvalue weighted by Crippen LogP contribution is -2.30. The monoisotopic (exact) mass is 253 g/mol. The molecule has 0 saturated carbocycles. The first kappa shape index (κ1) is 14.2. The average molecular weight is 253 g/mol. The summed E-state index contributed by atoms with van der Waals surface area (Å²) >= 11 is 0. The number of carboxylic acid groups (broad SMARTS) is 1. The molecule has 0 aliphatic heterocycles. The molecule has 0 aliphatic carbocycles. The molecular formula is C12H19N3O3. The molecule has 0 fully saturated rings. The van der Waals surface area contributed by atoms with Crippen LogP contribution in [-0.2, 0) is 11.3 Å². The van der Waals surface area contributed by atoms with E-state index in [2.05, 4.69) is 24.1 Å². The fraction of sp³-hybridized carbons (Fsp3) is 0.583. The topological polar surface area (TPSA) is 84.2 Å². The van der Waals surface area contributed by atoms with Gasteiger partial charge in [0.05, 0.1) is 6.20 Å². The Hall–Kier alpha value is -1.85. The van der Waals surface area contributed by atoms with Gasteiger partial charge in [0.15, 0.2) is 0 Å². The molecule has 0 aliphatic rings. The normalized spacial score (nSPS) is 10.7. The molecular weight excluding hydrogens is 234 g/mol. The first-order valence-corrected chi connectivity index (χ1v) is 5.94. The van der Waals surface area contributed by atoms with Crippen molar-refractivity contribution in [3.63, 3.8) is 0 Å². The molecule has 2 N–H and O–H groups in total. The molecule has 0 bridgehead atoms. The quantitative estimate of drug-likeness (QED) is 0.793. The molecule has 0 aromatic carbocycles. The molecule has 1 heterocycles. The van der Waals surface area contributed by atoms with Gasteiger partial charge in [0.1, 0.15) is 18.1 Å². The van der Waals surface area contributed by atoms with E-state index in [1.807, 2.05) is 0 Å². The first-order valence-electron chi connectivity index (χ1n) is 5.94. The molecule has 18 heavy (non-hydrogen) atoms. The fourth-order valence-electron chi connectivity index (χ4n) is 1.54. The van der Waals surface area contributed by atoms with Crippen molar-refractivity contribution in [3.05, 3.63) is 17.7 Å². The van der Waals surface area contributed by atoms with Crippen molar-refractivity contribution < 1.29 is 14.7 Å².